The molecule has 0 radical (unpaired) electrons. The van der Waals surface area contributed by atoms with Crippen molar-refractivity contribution < 1.29 is 15.0 Å². The number of aryl methyl sites for hydroxylation is 1. The van der Waals surface area contributed by atoms with Gasteiger partial charge in [-0.3, -0.25) is 4.79 Å². The van der Waals surface area contributed by atoms with E-state index in [1.165, 1.54) is 13.8 Å². The van der Waals surface area contributed by atoms with Gasteiger partial charge in [-0.1, -0.05) is 27.7 Å². The highest BCUT2D eigenvalue weighted by Crippen LogP contribution is 2.36. The van der Waals surface area contributed by atoms with Gasteiger partial charge in [-0.2, -0.15) is 0 Å². The number of imidazole rings is 1. The van der Waals surface area contributed by atoms with Crippen molar-refractivity contribution in [2.45, 2.75) is 79.6 Å². The highest BCUT2D eigenvalue weighted by Gasteiger charge is 2.31. The highest BCUT2D eigenvalue weighted by atomic mass is 16.5. The van der Waals surface area contributed by atoms with Crippen molar-refractivity contribution in [3.05, 3.63) is 18.1 Å². The third-order valence-electron chi connectivity index (χ3n) is 4.34. The molecule has 2 aromatic heterocycles. The number of aromatic nitrogens is 3. The molecule has 4 N–H and O–H groups in total. The first kappa shape index (κ1) is 27.8. The number of nitrogens with zero attached hydrogens (tertiary/aromatic N) is 3. The fraction of sp³-hybridized carbons (Fsp3) is 0.682. The topological polar surface area (TPSA) is 112 Å². The first-order chi connectivity index (χ1) is 14.1. The second-order valence-electron chi connectivity index (χ2n) is 7.16. The van der Waals surface area contributed by atoms with Crippen LogP contribution in [0.25, 0.3) is 11.2 Å². The Morgan fingerprint density at radius 2 is 1.73 bits per heavy atom. The number of amides is 1. The number of nitrogens with one attached hydrogen (secondary N) is 2. The molecule has 2 unspecified atom stereocenters. The average molecular weight is 424 g/mol. The lowest BCUT2D eigenvalue weighted by atomic mass is 10.1. The Labute approximate surface area is 181 Å². The first-order valence-electron chi connectivity index (χ1n) is 10.8. The van der Waals surface area contributed by atoms with Gasteiger partial charge in [0.1, 0.15) is 5.52 Å². The summed E-state index contributed by atoms with van der Waals surface area (Å²) >= 11 is 0. The SMILES string of the molecule is CC.CC.CC(C)(O)O.CNC(=O)C1CCC(n2cnc3c(NC)cc(C)nc32)C1. The third kappa shape index (κ3) is 8.28. The first-order valence-corrected chi connectivity index (χ1v) is 10.8. The second kappa shape index (κ2) is 13.2. The molecule has 8 nitrogen and oxygen atoms in total. The van der Waals surface area contributed by atoms with Crippen molar-refractivity contribution in [1.29, 1.82) is 0 Å². The molecule has 0 aliphatic heterocycles. The number of aliphatic hydroxyl groups is 2. The van der Waals surface area contributed by atoms with Crippen molar-refractivity contribution >= 4 is 22.8 Å². The average Bonchev–Trinajstić information content (AvgIpc) is 3.35. The van der Waals surface area contributed by atoms with Crippen LogP contribution in [0.2, 0.25) is 0 Å². The summed E-state index contributed by atoms with van der Waals surface area (Å²) in [4.78, 5) is 20.9. The van der Waals surface area contributed by atoms with Crippen molar-refractivity contribution in [3.63, 3.8) is 0 Å². The van der Waals surface area contributed by atoms with Crippen LogP contribution in [0, 0.1) is 12.8 Å². The van der Waals surface area contributed by atoms with Gasteiger partial charge < -0.3 is 25.4 Å². The molecule has 1 saturated carbocycles. The van der Waals surface area contributed by atoms with Gasteiger partial charge in [-0.15, -0.1) is 0 Å². The molecule has 0 spiro atoms. The maximum absolute atomic E-state index is 11.8. The zero-order valence-corrected chi connectivity index (χ0v) is 20.1. The Kier molecular flexibility index (Phi) is 12.2. The zero-order chi connectivity index (χ0) is 23.5. The maximum atomic E-state index is 11.8. The summed E-state index contributed by atoms with van der Waals surface area (Å²) in [6.07, 6.45) is 4.63. The van der Waals surface area contributed by atoms with E-state index >= 15 is 0 Å². The molecule has 2 heterocycles. The van der Waals surface area contributed by atoms with Crippen LogP contribution in [0.4, 0.5) is 5.69 Å². The summed E-state index contributed by atoms with van der Waals surface area (Å²) in [6.45, 7) is 12.6. The van der Waals surface area contributed by atoms with Gasteiger partial charge in [0.2, 0.25) is 5.91 Å². The molecule has 3 rings (SSSR count). The normalized spacial score (nSPS) is 17.6. The van der Waals surface area contributed by atoms with Gasteiger partial charge in [0, 0.05) is 31.7 Å². The molecule has 8 heteroatoms. The Morgan fingerprint density at radius 1 is 1.17 bits per heavy atom. The van der Waals surface area contributed by atoms with E-state index in [4.69, 9.17) is 10.2 Å². The second-order valence-corrected chi connectivity index (χ2v) is 7.16. The summed E-state index contributed by atoms with van der Waals surface area (Å²) in [6, 6.07) is 2.30. The number of hydrogen-bond donors (Lipinski definition) is 4. The molecule has 0 saturated heterocycles. The van der Waals surface area contributed by atoms with E-state index in [9.17, 15) is 4.79 Å². The Bertz CT molecular complexity index is 762. The van der Waals surface area contributed by atoms with E-state index in [0.29, 0.717) is 6.04 Å². The molecule has 30 heavy (non-hydrogen) atoms. The fourth-order valence-corrected chi connectivity index (χ4v) is 3.24. The predicted molar refractivity (Wildman–Crippen MR) is 123 cm³/mol. The Balaban J connectivity index is 0.000000808. The highest BCUT2D eigenvalue weighted by molar-refractivity contribution is 5.86. The van der Waals surface area contributed by atoms with E-state index in [-0.39, 0.29) is 11.8 Å². The molecule has 2 aromatic rings. The van der Waals surface area contributed by atoms with Crippen molar-refractivity contribution in [2.75, 3.05) is 19.4 Å². The number of carbonyl (C=O) groups is 1. The number of anilines is 1. The Morgan fingerprint density at radius 3 is 2.23 bits per heavy atom. The van der Waals surface area contributed by atoms with E-state index in [0.717, 1.165) is 41.8 Å². The molecule has 1 aliphatic rings. The van der Waals surface area contributed by atoms with E-state index in [1.54, 1.807) is 7.05 Å². The van der Waals surface area contributed by atoms with E-state index in [1.807, 2.05) is 54.1 Å². The lowest BCUT2D eigenvalue weighted by molar-refractivity contribution is -0.127. The van der Waals surface area contributed by atoms with E-state index < -0.39 is 5.79 Å². The van der Waals surface area contributed by atoms with Crippen LogP contribution in [0.5, 0.6) is 0 Å². The fourth-order valence-electron chi connectivity index (χ4n) is 3.24. The van der Waals surface area contributed by atoms with Gasteiger partial charge in [0.25, 0.3) is 0 Å². The minimum Gasteiger partial charge on any atom is -0.386 e. The van der Waals surface area contributed by atoms with Crippen LogP contribution in [-0.4, -0.2) is 50.5 Å². The monoisotopic (exact) mass is 423 g/mol. The van der Waals surface area contributed by atoms with Crippen LogP contribution in [0.3, 0.4) is 0 Å². The smallest absolute Gasteiger partial charge is 0.222 e. The van der Waals surface area contributed by atoms with Gasteiger partial charge >= 0.3 is 0 Å². The van der Waals surface area contributed by atoms with Gasteiger partial charge in [0.05, 0.1) is 12.0 Å². The summed E-state index contributed by atoms with van der Waals surface area (Å²) in [5.74, 6) is -1.26. The third-order valence-corrected chi connectivity index (χ3v) is 4.34. The molecule has 1 fully saturated rings. The molecule has 1 aliphatic carbocycles. The molecule has 172 valence electrons. The lowest BCUT2D eigenvalue weighted by Gasteiger charge is -2.13. The van der Waals surface area contributed by atoms with Crippen molar-refractivity contribution in [2.24, 2.45) is 5.92 Å². The molecular formula is C22H41N5O3. The summed E-state index contributed by atoms with van der Waals surface area (Å²) in [7, 11) is 3.59. The number of carbonyl (C=O) groups excluding carboxylic acids is 1. The number of hydrogen-bond acceptors (Lipinski definition) is 6. The molecular weight excluding hydrogens is 382 g/mol. The molecule has 2 atom stereocenters. The van der Waals surface area contributed by atoms with Gasteiger partial charge in [0.15, 0.2) is 11.4 Å². The predicted octanol–water partition coefficient (Wildman–Crippen LogP) is 3.63. The number of fused-ring (bicyclic) bond motifs is 1. The van der Waals surface area contributed by atoms with Gasteiger partial charge in [-0.25, -0.2) is 9.97 Å². The maximum Gasteiger partial charge on any atom is 0.222 e. The van der Waals surface area contributed by atoms with Crippen molar-refractivity contribution in [3.8, 4) is 0 Å². The molecule has 1 amide bonds. The molecule has 0 aromatic carbocycles. The lowest BCUT2D eigenvalue weighted by Crippen LogP contribution is -2.25. The zero-order valence-electron chi connectivity index (χ0n) is 20.1. The number of pyridine rings is 1. The standard InChI is InChI=1S/C15H21N5O.C3H8O2.2C2H6/c1-9-6-12(16-2)13-14(19-9)20(8-18-13)11-5-4-10(7-11)15(21)17-3;1-3(2,4)5;2*1-2/h6,8,10-11H,4-5,7H2,1-3H3,(H,16,19)(H,17,21);4-5H,1-2H3;2*1-2H3. The quantitative estimate of drug-likeness (QED) is 0.561. The van der Waals surface area contributed by atoms with Crippen molar-refractivity contribution in [1.82, 2.24) is 19.9 Å². The van der Waals surface area contributed by atoms with E-state index in [2.05, 4.69) is 25.2 Å². The van der Waals surface area contributed by atoms with Crippen LogP contribution in [-0.2, 0) is 4.79 Å². The Hall–Kier alpha value is -2.19. The minimum absolute atomic E-state index is 0.103. The molecule has 0 bridgehead atoms. The summed E-state index contributed by atoms with van der Waals surface area (Å²) in [5, 5.41) is 22.1. The van der Waals surface area contributed by atoms with Gasteiger partial charge in [-0.05, 0) is 46.1 Å². The van der Waals surface area contributed by atoms with Crippen LogP contribution < -0.4 is 10.6 Å². The van der Waals surface area contributed by atoms with Crippen LogP contribution >= 0.6 is 0 Å². The van der Waals surface area contributed by atoms with Crippen LogP contribution in [0.15, 0.2) is 12.4 Å². The largest absolute Gasteiger partial charge is 0.386 e. The van der Waals surface area contributed by atoms with Crippen LogP contribution in [0.1, 0.15) is 72.5 Å². The number of rotatable bonds is 3. The minimum atomic E-state index is -1.50. The summed E-state index contributed by atoms with van der Waals surface area (Å²) in [5.41, 5.74) is 3.76. The summed E-state index contributed by atoms with van der Waals surface area (Å²) < 4.78 is 2.13.